The Balaban J connectivity index is 1.25. The molecule has 2 aromatic carbocycles. The van der Waals surface area contributed by atoms with Gasteiger partial charge in [-0.05, 0) is 53.9 Å². The van der Waals surface area contributed by atoms with Crippen LogP contribution in [-0.4, -0.2) is 54.4 Å². The molecule has 7 nitrogen and oxygen atoms in total. The van der Waals surface area contributed by atoms with E-state index >= 15 is 0 Å². The Kier molecular flexibility index (Phi) is 7.52. The minimum Gasteiger partial charge on any atom is -0.369 e. The summed E-state index contributed by atoms with van der Waals surface area (Å²) in [7, 11) is -3.89. The number of aryl methyl sites for hydroxylation is 1. The van der Waals surface area contributed by atoms with Gasteiger partial charge in [-0.3, -0.25) is 19.6 Å². The van der Waals surface area contributed by atoms with Gasteiger partial charge >= 0.3 is 6.18 Å². The van der Waals surface area contributed by atoms with Gasteiger partial charge in [-0.2, -0.15) is 13.2 Å². The normalized spacial score (nSPS) is 14.8. The number of alkyl halides is 3. The number of pyridine rings is 2. The number of fused-ring (bicyclic) bond motifs is 1. The van der Waals surface area contributed by atoms with Gasteiger partial charge in [0.15, 0.2) is 0 Å². The zero-order valence-electron chi connectivity index (χ0n) is 21.8. The first-order chi connectivity index (χ1) is 19.0. The molecule has 1 N–H and O–H groups in total. The van der Waals surface area contributed by atoms with E-state index in [1.807, 2.05) is 36.1 Å². The lowest BCUT2D eigenvalue weighted by molar-refractivity contribution is -0.138. The number of rotatable bonds is 7. The van der Waals surface area contributed by atoms with Gasteiger partial charge in [-0.1, -0.05) is 30.8 Å². The van der Waals surface area contributed by atoms with E-state index in [1.54, 1.807) is 24.4 Å². The molecule has 2 aromatic heterocycles. The van der Waals surface area contributed by atoms with Crippen molar-refractivity contribution in [2.45, 2.75) is 24.5 Å². The van der Waals surface area contributed by atoms with Crippen LogP contribution in [0.15, 0.2) is 84.7 Å². The van der Waals surface area contributed by atoms with Crippen molar-refractivity contribution in [3.05, 3.63) is 102 Å². The summed E-state index contributed by atoms with van der Waals surface area (Å²) in [5, 5.41) is 0.732. The van der Waals surface area contributed by atoms with Crippen molar-refractivity contribution in [2.75, 3.05) is 30.9 Å². The number of benzene rings is 2. The highest BCUT2D eigenvalue weighted by atomic mass is 32.2. The van der Waals surface area contributed by atoms with Crippen LogP contribution in [0.4, 0.5) is 18.9 Å². The smallest absolute Gasteiger partial charge is 0.369 e. The molecular weight excluding hydrogens is 539 g/mol. The van der Waals surface area contributed by atoms with Crippen LogP contribution in [0.3, 0.4) is 0 Å². The summed E-state index contributed by atoms with van der Waals surface area (Å²) in [6, 6.07) is 15.0. The first-order valence-corrected chi connectivity index (χ1v) is 14.1. The molecule has 4 aromatic rings. The van der Waals surface area contributed by atoms with Crippen molar-refractivity contribution < 1.29 is 21.6 Å². The van der Waals surface area contributed by atoms with Gasteiger partial charge in [-0.15, -0.1) is 0 Å². The molecule has 208 valence electrons. The highest BCUT2D eigenvalue weighted by molar-refractivity contribution is 7.93. The van der Waals surface area contributed by atoms with Gasteiger partial charge in [-0.25, -0.2) is 8.42 Å². The van der Waals surface area contributed by atoms with Gasteiger partial charge in [0.05, 0.1) is 16.8 Å². The maximum atomic E-state index is 13.4. The first-order valence-electron chi connectivity index (χ1n) is 12.7. The molecule has 1 fully saturated rings. The van der Waals surface area contributed by atoms with E-state index in [4.69, 9.17) is 0 Å². The Morgan fingerprint density at radius 2 is 1.77 bits per heavy atom. The Morgan fingerprint density at radius 1 is 1.02 bits per heavy atom. The predicted molar refractivity (Wildman–Crippen MR) is 149 cm³/mol. The maximum Gasteiger partial charge on any atom is 0.416 e. The molecule has 1 saturated heterocycles. The minimum absolute atomic E-state index is 0.102. The summed E-state index contributed by atoms with van der Waals surface area (Å²) in [5.74, 6) is 0. The van der Waals surface area contributed by atoms with Crippen molar-refractivity contribution >= 4 is 32.3 Å². The summed E-state index contributed by atoms with van der Waals surface area (Å²) in [6.07, 6.45) is -0.416. The average Bonchev–Trinajstić information content (AvgIpc) is 2.93. The number of hydrogen-bond acceptors (Lipinski definition) is 6. The van der Waals surface area contributed by atoms with Crippen LogP contribution in [0, 0.1) is 6.92 Å². The fourth-order valence-electron chi connectivity index (χ4n) is 4.88. The zero-order valence-corrected chi connectivity index (χ0v) is 22.6. The molecule has 0 spiro atoms. The SMILES string of the molecule is C=C(c1ccc(NS(=O)(=O)c2cccc3cccnc23)c(C)c1)N1CCN(Cc2cnccc2C(F)(F)F)CC1. The summed E-state index contributed by atoms with van der Waals surface area (Å²) >= 11 is 0. The van der Waals surface area contributed by atoms with Crippen LogP contribution in [0.25, 0.3) is 16.6 Å². The van der Waals surface area contributed by atoms with E-state index in [1.165, 1.54) is 12.3 Å². The third-order valence-corrected chi connectivity index (χ3v) is 8.44. The molecule has 11 heteroatoms. The first kappa shape index (κ1) is 27.6. The number of nitrogens with zero attached hydrogens (tertiary/aromatic N) is 4. The van der Waals surface area contributed by atoms with Gasteiger partial charge in [0.25, 0.3) is 10.0 Å². The topological polar surface area (TPSA) is 78.4 Å². The van der Waals surface area contributed by atoms with Gasteiger partial charge < -0.3 is 4.90 Å². The second kappa shape index (κ2) is 10.9. The second-order valence-electron chi connectivity index (χ2n) is 9.71. The number of anilines is 1. The summed E-state index contributed by atoms with van der Waals surface area (Å²) < 4.78 is 69.2. The van der Waals surface area contributed by atoms with Gasteiger partial charge in [0.2, 0.25) is 0 Å². The molecule has 0 bridgehead atoms. The van der Waals surface area contributed by atoms with Gasteiger partial charge in [0, 0.05) is 62.4 Å². The van der Waals surface area contributed by atoms with E-state index in [-0.39, 0.29) is 17.0 Å². The Labute approximate surface area is 231 Å². The Hall–Kier alpha value is -3.96. The average molecular weight is 568 g/mol. The van der Waals surface area contributed by atoms with Gasteiger partial charge in [0.1, 0.15) is 4.90 Å². The van der Waals surface area contributed by atoms with E-state index in [9.17, 15) is 21.6 Å². The van der Waals surface area contributed by atoms with E-state index in [0.29, 0.717) is 37.4 Å². The number of sulfonamides is 1. The number of hydrogen-bond donors (Lipinski definition) is 1. The molecule has 40 heavy (non-hydrogen) atoms. The molecule has 1 aliphatic heterocycles. The van der Waals surface area contributed by atoms with E-state index in [0.717, 1.165) is 34.5 Å². The largest absolute Gasteiger partial charge is 0.416 e. The lowest BCUT2D eigenvalue weighted by Gasteiger charge is -2.37. The van der Waals surface area contributed by atoms with E-state index < -0.39 is 21.8 Å². The van der Waals surface area contributed by atoms with Crippen LogP contribution in [0.5, 0.6) is 0 Å². The minimum atomic E-state index is -4.42. The Morgan fingerprint density at radius 3 is 2.50 bits per heavy atom. The fraction of sp³-hybridized carbons (Fsp3) is 0.241. The number of piperazine rings is 1. The molecule has 0 amide bonds. The molecule has 0 saturated carbocycles. The predicted octanol–water partition coefficient (Wildman–Crippen LogP) is 5.55. The molecule has 0 aliphatic carbocycles. The van der Waals surface area contributed by atoms with Crippen LogP contribution in [-0.2, 0) is 22.7 Å². The number of halogens is 3. The highest BCUT2D eigenvalue weighted by Crippen LogP contribution is 2.32. The number of nitrogens with one attached hydrogen (secondary N) is 1. The summed E-state index contributed by atoms with van der Waals surface area (Å²) in [4.78, 5) is 12.3. The lowest BCUT2D eigenvalue weighted by Crippen LogP contribution is -2.45. The third kappa shape index (κ3) is 5.80. The molecule has 5 rings (SSSR count). The monoisotopic (exact) mass is 567 g/mol. The molecule has 0 unspecified atom stereocenters. The van der Waals surface area contributed by atoms with Crippen LogP contribution >= 0.6 is 0 Å². The molecular formula is C29H28F3N5O2S. The third-order valence-electron chi connectivity index (χ3n) is 7.05. The van der Waals surface area contributed by atoms with Crippen molar-refractivity contribution in [1.29, 1.82) is 0 Å². The van der Waals surface area contributed by atoms with Crippen molar-refractivity contribution in [3.8, 4) is 0 Å². The number of aromatic nitrogens is 2. The second-order valence-corrected chi connectivity index (χ2v) is 11.4. The highest BCUT2D eigenvalue weighted by Gasteiger charge is 2.34. The van der Waals surface area contributed by atoms with E-state index in [2.05, 4.69) is 26.2 Å². The standard InChI is InChI=1S/C29H28F3N5O2S/c1-20-17-23(8-9-26(20)35-40(38,39)27-7-3-5-22-6-4-11-34-28(22)27)21(2)37-15-13-36(14-16-37)19-24-18-33-12-10-25(24)29(30,31)32/h3-12,17-18,35H,2,13-16,19H2,1H3. The van der Waals surface area contributed by atoms with Crippen molar-refractivity contribution in [2.24, 2.45) is 0 Å². The molecule has 1 aliphatic rings. The van der Waals surface area contributed by atoms with Crippen LogP contribution in [0.2, 0.25) is 0 Å². The fourth-order valence-corrected chi connectivity index (χ4v) is 6.19. The van der Waals surface area contributed by atoms with Crippen LogP contribution < -0.4 is 4.72 Å². The lowest BCUT2D eigenvalue weighted by atomic mass is 10.1. The Bertz CT molecular complexity index is 1660. The van der Waals surface area contributed by atoms with Crippen molar-refractivity contribution in [1.82, 2.24) is 19.8 Å². The zero-order chi connectivity index (χ0) is 28.5. The summed E-state index contributed by atoms with van der Waals surface area (Å²) in [5.41, 5.74) is 2.70. The molecule has 0 atom stereocenters. The quantitative estimate of drug-likeness (QED) is 0.316. The summed E-state index contributed by atoms with van der Waals surface area (Å²) in [6.45, 7) is 8.56. The van der Waals surface area contributed by atoms with Crippen LogP contribution in [0.1, 0.15) is 22.3 Å². The molecule has 0 radical (unpaired) electrons. The maximum absolute atomic E-state index is 13.4. The van der Waals surface area contributed by atoms with Crippen molar-refractivity contribution in [3.63, 3.8) is 0 Å². The number of para-hydroxylation sites is 1. The molecule has 3 heterocycles.